The van der Waals surface area contributed by atoms with Crippen molar-refractivity contribution in [3.8, 4) is 6.07 Å². The van der Waals surface area contributed by atoms with Crippen molar-refractivity contribution in [2.75, 3.05) is 32.7 Å². The van der Waals surface area contributed by atoms with Crippen molar-refractivity contribution in [2.45, 2.75) is 20.8 Å². The SMILES string of the molecule is CC(C#N)CN1CCN(C(=O)C(C)C)CC1. The van der Waals surface area contributed by atoms with E-state index in [2.05, 4.69) is 11.0 Å². The molecule has 0 saturated carbocycles. The quantitative estimate of drug-likeness (QED) is 0.715. The normalized spacial score (nSPS) is 19.6. The summed E-state index contributed by atoms with van der Waals surface area (Å²) in [5.74, 6) is 0.407. The molecule has 0 aromatic rings. The van der Waals surface area contributed by atoms with E-state index in [4.69, 9.17) is 5.26 Å². The maximum absolute atomic E-state index is 11.7. The van der Waals surface area contributed by atoms with E-state index in [1.165, 1.54) is 0 Å². The van der Waals surface area contributed by atoms with Crippen LogP contribution in [0.3, 0.4) is 0 Å². The summed E-state index contributed by atoms with van der Waals surface area (Å²) in [6.07, 6.45) is 0. The van der Waals surface area contributed by atoms with Crippen LogP contribution in [0, 0.1) is 23.2 Å². The lowest BCUT2D eigenvalue weighted by molar-refractivity contribution is -0.136. The molecule has 0 aliphatic carbocycles. The first-order valence-corrected chi connectivity index (χ1v) is 5.95. The van der Waals surface area contributed by atoms with Gasteiger partial charge in [0.15, 0.2) is 0 Å². The zero-order chi connectivity index (χ0) is 12.1. The van der Waals surface area contributed by atoms with Gasteiger partial charge in [-0.1, -0.05) is 13.8 Å². The minimum atomic E-state index is 0.0763. The molecule has 0 aromatic carbocycles. The maximum atomic E-state index is 11.7. The number of hydrogen-bond donors (Lipinski definition) is 0. The topological polar surface area (TPSA) is 47.3 Å². The van der Waals surface area contributed by atoms with Crippen LogP contribution < -0.4 is 0 Å². The van der Waals surface area contributed by atoms with Crippen LogP contribution in [0.4, 0.5) is 0 Å². The first-order chi connectivity index (χ1) is 7.54. The number of piperazine rings is 1. The summed E-state index contributed by atoms with van der Waals surface area (Å²) in [6, 6.07) is 2.24. The highest BCUT2D eigenvalue weighted by atomic mass is 16.2. The van der Waals surface area contributed by atoms with Gasteiger partial charge in [0.25, 0.3) is 0 Å². The average molecular weight is 223 g/mol. The zero-order valence-corrected chi connectivity index (χ0v) is 10.4. The molecule has 1 rings (SSSR count). The van der Waals surface area contributed by atoms with E-state index in [1.54, 1.807) is 0 Å². The van der Waals surface area contributed by atoms with Gasteiger partial charge in [0.2, 0.25) is 5.91 Å². The highest BCUT2D eigenvalue weighted by Gasteiger charge is 2.23. The number of carbonyl (C=O) groups excluding carboxylic acids is 1. The van der Waals surface area contributed by atoms with Crippen LogP contribution in [-0.4, -0.2) is 48.4 Å². The van der Waals surface area contributed by atoms with Crippen LogP contribution >= 0.6 is 0 Å². The first kappa shape index (κ1) is 13.0. The second kappa shape index (κ2) is 5.86. The number of nitriles is 1. The standard InChI is InChI=1S/C12H21N3O/c1-10(2)12(16)15-6-4-14(5-7-15)9-11(3)8-13/h10-11H,4-7,9H2,1-3H3. The fourth-order valence-electron chi connectivity index (χ4n) is 1.94. The van der Waals surface area contributed by atoms with E-state index in [9.17, 15) is 4.79 Å². The third-order valence-corrected chi connectivity index (χ3v) is 2.93. The van der Waals surface area contributed by atoms with Crippen LogP contribution in [0.2, 0.25) is 0 Å². The van der Waals surface area contributed by atoms with E-state index in [-0.39, 0.29) is 17.7 Å². The smallest absolute Gasteiger partial charge is 0.225 e. The molecule has 1 saturated heterocycles. The third kappa shape index (κ3) is 3.49. The average Bonchev–Trinajstić information content (AvgIpc) is 2.28. The third-order valence-electron chi connectivity index (χ3n) is 2.93. The van der Waals surface area contributed by atoms with Crippen LogP contribution in [0.25, 0.3) is 0 Å². The Kier molecular flexibility index (Phi) is 4.75. The van der Waals surface area contributed by atoms with Crippen molar-refractivity contribution < 1.29 is 4.79 Å². The van der Waals surface area contributed by atoms with Crippen molar-refractivity contribution in [3.05, 3.63) is 0 Å². The van der Waals surface area contributed by atoms with Gasteiger partial charge in [-0.15, -0.1) is 0 Å². The molecule has 1 fully saturated rings. The fourth-order valence-corrected chi connectivity index (χ4v) is 1.94. The number of nitrogens with zero attached hydrogens (tertiary/aromatic N) is 3. The maximum Gasteiger partial charge on any atom is 0.225 e. The lowest BCUT2D eigenvalue weighted by atomic mass is 10.1. The molecule has 0 spiro atoms. The zero-order valence-electron chi connectivity index (χ0n) is 10.4. The molecule has 90 valence electrons. The number of amides is 1. The molecular weight excluding hydrogens is 202 g/mol. The van der Waals surface area contributed by atoms with Gasteiger partial charge >= 0.3 is 0 Å². The molecule has 4 heteroatoms. The van der Waals surface area contributed by atoms with Crippen molar-refractivity contribution in [2.24, 2.45) is 11.8 Å². The van der Waals surface area contributed by atoms with E-state index in [0.717, 1.165) is 32.7 Å². The predicted octanol–water partition coefficient (Wildman–Crippen LogP) is 0.946. The Labute approximate surface area is 97.8 Å². The first-order valence-electron chi connectivity index (χ1n) is 5.95. The molecule has 0 bridgehead atoms. The minimum absolute atomic E-state index is 0.0763. The number of rotatable bonds is 3. The van der Waals surface area contributed by atoms with Gasteiger partial charge in [-0.05, 0) is 6.92 Å². The van der Waals surface area contributed by atoms with E-state index < -0.39 is 0 Å². The van der Waals surface area contributed by atoms with E-state index in [0.29, 0.717) is 0 Å². The van der Waals surface area contributed by atoms with Crippen LogP contribution in [0.15, 0.2) is 0 Å². The van der Waals surface area contributed by atoms with E-state index in [1.807, 2.05) is 25.7 Å². The molecule has 1 heterocycles. The monoisotopic (exact) mass is 223 g/mol. The van der Waals surface area contributed by atoms with Gasteiger partial charge in [-0.2, -0.15) is 5.26 Å². The van der Waals surface area contributed by atoms with Crippen molar-refractivity contribution in [3.63, 3.8) is 0 Å². The number of carbonyl (C=O) groups is 1. The van der Waals surface area contributed by atoms with Crippen molar-refractivity contribution in [1.29, 1.82) is 5.26 Å². The summed E-state index contributed by atoms with van der Waals surface area (Å²) in [4.78, 5) is 15.9. The van der Waals surface area contributed by atoms with Crippen LogP contribution in [-0.2, 0) is 4.79 Å². The fraction of sp³-hybridized carbons (Fsp3) is 0.833. The van der Waals surface area contributed by atoms with E-state index >= 15 is 0 Å². The molecule has 0 radical (unpaired) electrons. The molecular formula is C12H21N3O. The lowest BCUT2D eigenvalue weighted by Gasteiger charge is -2.35. The Morgan fingerprint density at radius 1 is 1.25 bits per heavy atom. The van der Waals surface area contributed by atoms with Gasteiger partial charge in [-0.25, -0.2) is 0 Å². The summed E-state index contributed by atoms with van der Waals surface area (Å²) in [7, 11) is 0. The van der Waals surface area contributed by atoms with Crippen molar-refractivity contribution >= 4 is 5.91 Å². The second-order valence-corrected chi connectivity index (χ2v) is 4.81. The summed E-state index contributed by atoms with van der Waals surface area (Å²) in [5.41, 5.74) is 0. The second-order valence-electron chi connectivity index (χ2n) is 4.81. The summed E-state index contributed by atoms with van der Waals surface area (Å²) in [6.45, 7) is 10.0. The molecule has 1 unspecified atom stereocenters. The Bertz CT molecular complexity index is 274. The van der Waals surface area contributed by atoms with Gasteiger partial charge in [0.1, 0.15) is 0 Å². The van der Waals surface area contributed by atoms with Gasteiger partial charge in [0, 0.05) is 38.6 Å². The molecule has 16 heavy (non-hydrogen) atoms. The van der Waals surface area contributed by atoms with Gasteiger partial charge < -0.3 is 4.90 Å². The molecule has 1 amide bonds. The minimum Gasteiger partial charge on any atom is -0.340 e. The molecule has 0 N–H and O–H groups in total. The Balaban J connectivity index is 2.34. The Hall–Kier alpha value is -1.08. The summed E-state index contributed by atoms with van der Waals surface area (Å²) >= 11 is 0. The van der Waals surface area contributed by atoms with Gasteiger partial charge in [0.05, 0.1) is 12.0 Å². The molecule has 0 aromatic heterocycles. The highest BCUT2D eigenvalue weighted by molar-refractivity contribution is 5.78. The van der Waals surface area contributed by atoms with Crippen LogP contribution in [0.1, 0.15) is 20.8 Å². The highest BCUT2D eigenvalue weighted by Crippen LogP contribution is 2.08. The largest absolute Gasteiger partial charge is 0.340 e. The lowest BCUT2D eigenvalue weighted by Crippen LogP contribution is -2.50. The molecule has 1 aliphatic heterocycles. The van der Waals surface area contributed by atoms with Crippen molar-refractivity contribution in [1.82, 2.24) is 9.80 Å². The Morgan fingerprint density at radius 3 is 2.25 bits per heavy atom. The molecule has 4 nitrogen and oxygen atoms in total. The predicted molar refractivity (Wildman–Crippen MR) is 62.6 cm³/mol. The summed E-state index contributed by atoms with van der Waals surface area (Å²) < 4.78 is 0. The summed E-state index contributed by atoms with van der Waals surface area (Å²) in [5, 5.41) is 8.74. The Morgan fingerprint density at radius 2 is 1.81 bits per heavy atom. The molecule has 1 aliphatic rings. The van der Waals surface area contributed by atoms with Crippen LogP contribution in [0.5, 0.6) is 0 Å². The van der Waals surface area contributed by atoms with Gasteiger partial charge in [-0.3, -0.25) is 9.69 Å². The molecule has 1 atom stereocenters. The number of hydrogen-bond acceptors (Lipinski definition) is 3.